The Kier molecular flexibility index (Phi) is 3.72. The maximum atomic E-state index is 13.5. The Morgan fingerprint density at radius 1 is 1.39 bits per heavy atom. The van der Waals surface area contributed by atoms with Gasteiger partial charge in [-0.2, -0.15) is 0 Å². The Bertz CT molecular complexity index is 601. The third kappa shape index (κ3) is 2.41. The Morgan fingerprint density at radius 3 is 2.78 bits per heavy atom. The van der Waals surface area contributed by atoms with Crippen molar-refractivity contribution >= 4 is 21.7 Å². The van der Waals surface area contributed by atoms with Crippen LogP contribution in [0.4, 0.5) is 4.39 Å². The summed E-state index contributed by atoms with van der Waals surface area (Å²) in [7, 11) is 1.53. The van der Waals surface area contributed by atoms with Crippen molar-refractivity contribution in [1.29, 1.82) is 0 Å². The number of ketones is 1. The topological polar surface area (TPSA) is 39.2 Å². The van der Waals surface area contributed by atoms with Gasteiger partial charge < -0.3 is 4.74 Å². The number of hydrogen-bond acceptors (Lipinski definition) is 3. The van der Waals surface area contributed by atoms with E-state index in [-0.39, 0.29) is 5.56 Å². The summed E-state index contributed by atoms with van der Waals surface area (Å²) in [5.41, 5.74) is 0.384. The van der Waals surface area contributed by atoms with E-state index in [9.17, 15) is 9.18 Å². The molecule has 2 rings (SSSR count). The molecule has 0 bridgehead atoms. The molecule has 0 amide bonds. The Morgan fingerprint density at radius 2 is 2.17 bits per heavy atom. The molecule has 0 radical (unpaired) electrons. The monoisotopic (exact) mass is 309 g/mol. The van der Waals surface area contributed by atoms with Crippen LogP contribution in [0.1, 0.15) is 15.9 Å². The van der Waals surface area contributed by atoms with Gasteiger partial charge in [0.2, 0.25) is 0 Å². The average Bonchev–Trinajstić information content (AvgIpc) is 2.38. The number of aromatic nitrogens is 1. The van der Waals surface area contributed by atoms with E-state index < -0.39 is 11.6 Å². The first-order valence-corrected chi connectivity index (χ1v) is 5.90. The largest absolute Gasteiger partial charge is 0.496 e. The predicted molar refractivity (Wildman–Crippen MR) is 68.3 cm³/mol. The van der Waals surface area contributed by atoms with Crippen LogP contribution in [0.25, 0.3) is 0 Å². The van der Waals surface area contributed by atoms with Crippen molar-refractivity contribution < 1.29 is 13.9 Å². The molecular formula is C13H9BrFNO2. The number of rotatable bonds is 3. The predicted octanol–water partition coefficient (Wildman–Crippen LogP) is 3.22. The number of pyridine rings is 1. The van der Waals surface area contributed by atoms with Crippen LogP contribution in [0, 0.1) is 5.82 Å². The molecule has 0 spiro atoms. The summed E-state index contributed by atoms with van der Waals surface area (Å²) < 4.78 is 19.2. The summed E-state index contributed by atoms with van der Waals surface area (Å²) in [5.74, 6) is -0.408. The number of ether oxygens (including phenoxy) is 1. The van der Waals surface area contributed by atoms with Crippen molar-refractivity contribution in [3.63, 3.8) is 0 Å². The minimum Gasteiger partial charge on any atom is -0.496 e. The van der Waals surface area contributed by atoms with E-state index in [0.29, 0.717) is 15.8 Å². The highest BCUT2D eigenvalue weighted by molar-refractivity contribution is 9.10. The summed E-state index contributed by atoms with van der Waals surface area (Å²) in [6, 6.07) is 6.19. The van der Waals surface area contributed by atoms with Crippen LogP contribution in [0.2, 0.25) is 0 Å². The standard InChI is InChI=1S/C13H9BrFNO2/c1-18-12-3-2-8(6-10(12)14)13(17)9-4-5-16-7-11(9)15/h2-7H,1H3. The lowest BCUT2D eigenvalue weighted by atomic mass is 10.0. The van der Waals surface area contributed by atoms with Crippen molar-refractivity contribution in [2.24, 2.45) is 0 Å². The average molecular weight is 310 g/mol. The van der Waals surface area contributed by atoms with Gasteiger partial charge in [0.25, 0.3) is 0 Å². The molecule has 0 unspecified atom stereocenters. The first kappa shape index (κ1) is 12.7. The molecular weight excluding hydrogens is 301 g/mol. The van der Waals surface area contributed by atoms with Crippen molar-refractivity contribution in [2.45, 2.75) is 0 Å². The molecule has 1 aromatic carbocycles. The van der Waals surface area contributed by atoms with Crippen molar-refractivity contribution in [1.82, 2.24) is 4.98 Å². The van der Waals surface area contributed by atoms with Crippen molar-refractivity contribution in [3.8, 4) is 5.75 Å². The number of nitrogens with zero attached hydrogens (tertiary/aromatic N) is 1. The maximum Gasteiger partial charge on any atom is 0.196 e. The smallest absolute Gasteiger partial charge is 0.196 e. The van der Waals surface area contributed by atoms with Gasteiger partial charge in [-0.15, -0.1) is 0 Å². The molecule has 18 heavy (non-hydrogen) atoms. The number of carbonyl (C=O) groups is 1. The number of halogens is 2. The number of carbonyl (C=O) groups excluding carboxylic acids is 1. The minimum absolute atomic E-state index is 0.00191. The lowest BCUT2D eigenvalue weighted by molar-refractivity contribution is 0.103. The summed E-state index contributed by atoms with van der Waals surface area (Å²) in [5, 5.41) is 0. The van der Waals surface area contributed by atoms with Gasteiger partial charge in [0.05, 0.1) is 23.3 Å². The molecule has 92 valence electrons. The SMILES string of the molecule is COc1ccc(C(=O)c2ccncc2F)cc1Br. The van der Waals surface area contributed by atoms with E-state index in [2.05, 4.69) is 20.9 Å². The Labute approximate surface area is 112 Å². The van der Waals surface area contributed by atoms with E-state index in [1.165, 1.54) is 19.4 Å². The zero-order valence-corrected chi connectivity index (χ0v) is 11.1. The third-order valence-corrected chi connectivity index (χ3v) is 3.05. The van der Waals surface area contributed by atoms with E-state index in [1.54, 1.807) is 18.2 Å². The highest BCUT2D eigenvalue weighted by Gasteiger charge is 2.15. The van der Waals surface area contributed by atoms with Crippen LogP contribution in [-0.4, -0.2) is 17.9 Å². The highest BCUT2D eigenvalue weighted by Crippen LogP contribution is 2.26. The van der Waals surface area contributed by atoms with Crippen LogP contribution in [-0.2, 0) is 0 Å². The zero-order valence-electron chi connectivity index (χ0n) is 9.48. The van der Waals surface area contributed by atoms with Crippen LogP contribution in [0.5, 0.6) is 5.75 Å². The second-order valence-corrected chi connectivity index (χ2v) is 4.39. The molecule has 0 N–H and O–H groups in total. The van der Waals surface area contributed by atoms with Gasteiger partial charge in [0.15, 0.2) is 11.6 Å². The molecule has 0 aliphatic carbocycles. The van der Waals surface area contributed by atoms with E-state index in [4.69, 9.17) is 4.74 Å². The van der Waals surface area contributed by atoms with E-state index in [0.717, 1.165) is 6.20 Å². The highest BCUT2D eigenvalue weighted by atomic mass is 79.9. The van der Waals surface area contributed by atoms with Gasteiger partial charge in [0, 0.05) is 11.8 Å². The second kappa shape index (κ2) is 5.27. The van der Waals surface area contributed by atoms with Crippen LogP contribution in [0.15, 0.2) is 41.1 Å². The van der Waals surface area contributed by atoms with Gasteiger partial charge >= 0.3 is 0 Å². The first-order chi connectivity index (χ1) is 8.63. The molecule has 3 nitrogen and oxygen atoms in total. The summed E-state index contributed by atoms with van der Waals surface area (Å²) in [4.78, 5) is 15.7. The molecule has 0 atom stereocenters. The fourth-order valence-electron chi connectivity index (χ4n) is 1.52. The fraction of sp³-hybridized carbons (Fsp3) is 0.0769. The molecule has 5 heteroatoms. The van der Waals surface area contributed by atoms with Gasteiger partial charge in [-0.05, 0) is 40.2 Å². The maximum absolute atomic E-state index is 13.5. The summed E-state index contributed by atoms with van der Waals surface area (Å²) in [6.07, 6.45) is 2.40. The van der Waals surface area contributed by atoms with Crippen LogP contribution < -0.4 is 4.74 Å². The van der Waals surface area contributed by atoms with Crippen molar-refractivity contribution in [2.75, 3.05) is 7.11 Å². The molecule has 0 aliphatic heterocycles. The van der Waals surface area contributed by atoms with E-state index in [1.807, 2.05) is 0 Å². The summed E-state index contributed by atoms with van der Waals surface area (Å²) in [6.45, 7) is 0. The third-order valence-electron chi connectivity index (χ3n) is 2.43. The lowest BCUT2D eigenvalue weighted by Gasteiger charge is -2.06. The zero-order chi connectivity index (χ0) is 13.1. The molecule has 1 aromatic heterocycles. The molecule has 2 aromatic rings. The molecule has 1 heterocycles. The Balaban J connectivity index is 2.41. The summed E-state index contributed by atoms with van der Waals surface area (Å²) >= 11 is 3.28. The number of methoxy groups -OCH3 is 1. The first-order valence-electron chi connectivity index (χ1n) is 5.11. The number of benzene rings is 1. The van der Waals surface area contributed by atoms with E-state index >= 15 is 0 Å². The van der Waals surface area contributed by atoms with Gasteiger partial charge in [-0.1, -0.05) is 0 Å². The van der Waals surface area contributed by atoms with Gasteiger partial charge in [0.1, 0.15) is 5.75 Å². The molecule has 0 fully saturated rings. The molecule has 0 saturated carbocycles. The van der Waals surface area contributed by atoms with Crippen molar-refractivity contribution in [3.05, 3.63) is 58.1 Å². The number of hydrogen-bond donors (Lipinski definition) is 0. The molecule has 0 aliphatic rings. The lowest BCUT2D eigenvalue weighted by Crippen LogP contribution is -2.04. The normalized spacial score (nSPS) is 10.2. The van der Waals surface area contributed by atoms with Crippen LogP contribution in [0.3, 0.4) is 0 Å². The minimum atomic E-state index is -0.630. The fourth-order valence-corrected chi connectivity index (χ4v) is 2.06. The Hall–Kier alpha value is -1.75. The van der Waals surface area contributed by atoms with Gasteiger partial charge in [-0.3, -0.25) is 9.78 Å². The second-order valence-electron chi connectivity index (χ2n) is 3.53. The van der Waals surface area contributed by atoms with Crippen LogP contribution >= 0.6 is 15.9 Å². The molecule has 0 saturated heterocycles. The van der Waals surface area contributed by atoms with Gasteiger partial charge in [-0.25, -0.2) is 4.39 Å². The quantitative estimate of drug-likeness (QED) is 0.817.